The van der Waals surface area contributed by atoms with E-state index in [1.54, 1.807) is 6.92 Å². The average Bonchev–Trinajstić information content (AvgIpc) is 2.92. The molecule has 0 bridgehead atoms. The van der Waals surface area contributed by atoms with Crippen LogP contribution in [0.25, 0.3) is 5.95 Å². The Kier molecular flexibility index (Phi) is 4.77. The second kappa shape index (κ2) is 6.75. The lowest BCUT2D eigenvalue weighted by Crippen LogP contribution is -2.15. The van der Waals surface area contributed by atoms with Crippen LogP contribution in [0.5, 0.6) is 0 Å². The normalized spacial score (nSPS) is 12.2. The Labute approximate surface area is 116 Å². The fourth-order valence-corrected chi connectivity index (χ4v) is 1.49. The number of aliphatic hydroxyl groups excluding tert-OH is 1. The minimum Gasteiger partial charge on any atom is -0.393 e. The number of rotatable bonds is 7. The van der Waals surface area contributed by atoms with Crippen molar-refractivity contribution in [3.8, 4) is 5.95 Å². The van der Waals surface area contributed by atoms with Gasteiger partial charge in [-0.1, -0.05) is 0 Å². The van der Waals surface area contributed by atoms with Gasteiger partial charge in [-0.05, 0) is 20.3 Å². The Morgan fingerprint density at radius 3 is 2.60 bits per heavy atom. The smallest absolute Gasteiger partial charge is 0.258 e. The van der Waals surface area contributed by atoms with Crippen LogP contribution in [0.1, 0.15) is 20.3 Å². The first-order chi connectivity index (χ1) is 9.69. The van der Waals surface area contributed by atoms with Crippen molar-refractivity contribution in [2.75, 3.05) is 23.7 Å². The first kappa shape index (κ1) is 14.1. The van der Waals surface area contributed by atoms with Crippen molar-refractivity contribution in [3.05, 3.63) is 12.7 Å². The van der Waals surface area contributed by atoms with Crippen LogP contribution < -0.4 is 10.6 Å². The number of hydrogen-bond acceptors (Lipinski definition) is 8. The molecule has 9 heteroatoms. The molecular formula is C11H18N8O. The summed E-state index contributed by atoms with van der Waals surface area (Å²) in [5.41, 5.74) is 0. The Bertz CT molecular complexity index is 527. The van der Waals surface area contributed by atoms with E-state index in [2.05, 4.69) is 35.7 Å². The minimum absolute atomic E-state index is 0.368. The number of anilines is 2. The number of aromatic nitrogens is 6. The van der Waals surface area contributed by atoms with Crippen molar-refractivity contribution >= 4 is 11.9 Å². The zero-order valence-electron chi connectivity index (χ0n) is 11.5. The topological polar surface area (TPSA) is 114 Å². The maximum absolute atomic E-state index is 9.25. The maximum atomic E-state index is 9.25. The molecule has 0 aliphatic rings. The van der Waals surface area contributed by atoms with Gasteiger partial charge in [-0.2, -0.15) is 24.7 Å². The third kappa shape index (κ3) is 3.85. The van der Waals surface area contributed by atoms with Crippen molar-refractivity contribution in [2.45, 2.75) is 26.4 Å². The van der Waals surface area contributed by atoms with Crippen molar-refractivity contribution < 1.29 is 5.11 Å². The van der Waals surface area contributed by atoms with Crippen LogP contribution in [-0.2, 0) is 0 Å². The molecule has 3 N–H and O–H groups in total. The summed E-state index contributed by atoms with van der Waals surface area (Å²) >= 11 is 0. The monoisotopic (exact) mass is 278 g/mol. The molecule has 0 aromatic carbocycles. The van der Waals surface area contributed by atoms with Crippen LogP contribution in [0.2, 0.25) is 0 Å². The highest BCUT2D eigenvalue weighted by atomic mass is 16.3. The van der Waals surface area contributed by atoms with Gasteiger partial charge in [0.15, 0.2) is 0 Å². The molecule has 2 heterocycles. The van der Waals surface area contributed by atoms with Crippen LogP contribution in [0, 0.1) is 0 Å². The molecule has 1 unspecified atom stereocenters. The van der Waals surface area contributed by atoms with Crippen LogP contribution in [0.3, 0.4) is 0 Å². The highest BCUT2D eigenvalue weighted by molar-refractivity contribution is 5.37. The first-order valence-electron chi connectivity index (χ1n) is 6.46. The summed E-state index contributed by atoms with van der Waals surface area (Å²) in [6.45, 7) is 4.97. The van der Waals surface area contributed by atoms with Gasteiger partial charge in [0.2, 0.25) is 11.9 Å². The quantitative estimate of drug-likeness (QED) is 0.652. The molecule has 108 valence electrons. The van der Waals surface area contributed by atoms with Gasteiger partial charge in [0, 0.05) is 13.1 Å². The predicted octanol–water partition coefficient (Wildman–Crippen LogP) is 0.0669. The van der Waals surface area contributed by atoms with Gasteiger partial charge in [0.25, 0.3) is 5.95 Å². The highest BCUT2D eigenvalue weighted by Gasteiger charge is 2.08. The summed E-state index contributed by atoms with van der Waals surface area (Å²) in [4.78, 5) is 16.6. The largest absolute Gasteiger partial charge is 0.393 e. The van der Waals surface area contributed by atoms with E-state index < -0.39 is 0 Å². The summed E-state index contributed by atoms with van der Waals surface area (Å²) < 4.78 is 1.46. The van der Waals surface area contributed by atoms with Gasteiger partial charge >= 0.3 is 0 Å². The Hall–Kier alpha value is -2.29. The van der Waals surface area contributed by atoms with E-state index >= 15 is 0 Å². The van der Waals surface area contributed by atoms with E-state index in [0.717, 1.165) is 0 Å². The highest BCUT2D eigenvalue weighted by Crippen LogP contribution is 2.08. The Morgan fingerprint density at radius 1 is 1.25 bits per heavy atom. The van der Waals surface area contributed by atoms with Crippen molar-refractivity contribution in [1.82, 2.24) is 29.7 Å². The van der Waals surface area contributed by atoms with Gasteiger partial charge in [0.1, 0.15) is 12.7 Å². The Balaban J connectivity index is 2.17. The van der Waals surface area contributed by atoms with Crippen LogP contribution in [0.4, 0.5) is 11.9 Å². The van der Waals surface area contributed by atoms with Crippen molar-refractivity contribution in [3.63, 3.8) is 0 Å². The van der Waals surface area contributed by atoms with E-state index in [1.807, 2.05) is 6.92 Å². The molecule has 0 amide bonds. The van der Waals surface area contributed by atoms with E-state index in [1.165, 1.54) is 17.3 Å². The summed E-state index contributed by atoms with van der Waals surface area (Å²) in [6.07, 6.45) is 3.18. The fourth-order valence-electron chi connectivity index (χ4n) is 1.49. The number of aliphatic hydroxyl groups is 1. The summed E-state index contributed by atoms with van der Waals surface area (Å²) in [5.74, 6) is 1.28. The molecule has 1 atom stereocenters. The molecule has 0 saturated heterocycles. The SMILES string of the molecule is CCNc1nc(NCCC(C)O)nc(-n2cncn2)n1. The molecule has 2 aromatic rings. The second-order valence-electron chi connectivity index (χ2n) is 4.22. The van der Waals surface area contributed by atoms with Gasteiger partial charge in [-0.3, -0.25) is 0 Å². The maximum Gasteiger partial charge on any atom is 0.258 e. The Morgan fingerprint density at radius 2 is 2.00 bits per heavy atom. The van der Waals surface area contributed by atoms with E-state index in [9.17, 15) is 5.11 Å². The van der Waals surface area contributed by atoms with E-state index in [4.69, 9.17) is 0 Å². The number of nitrogens with one attached hydrogen (secondary N) is 2. The van der Waals surface area contributed by atoms with Crippen LogP contribution in [-0.4, -0.2) is 54.0 Å². The van der Waals surface area contributed by atoms with Crippen LogP contribution in [0.15, 0.2) is 12.7 Å². The van der Waals surface area contributed by atoms with Gasteiger partial charge in [-0.25, -0.2) is 4.98 Å². The zero-order valence-corrected chi connectivity index (χ0v) is 11.5. The predicted molar refractivity (Wildman–Crippen MR) is 73.7 cm³/mol. The van der Waals surface area contributed by atoms with E-state index in [-0.39, 0.29) is 6.10 Å². The van der Waals surface area contributed by atoms with Crippen LogP contribution >= 0.6 is 0 Å². The molecule has 0 spiro atoms. The van der Waals surface area contributed by atoms with Crippen molar-refractivity contribution in [1.29, 1.82) is 0 Å². The molecule has 0 aliphatic carbocycles. The molecule has 20 heavy (non-hydrogen) atoms. The second-order valence-corrected chi connectivity index (χ2v) is 4.22. The molecule has 9 nitrogen and oxygen atoms in total. The molecular weight excluding hydrogens is 260 g/mol. The summed E-state index contributed by atoms with van der Waals surface area (Å²) in [5, 5.41) is 19.3. The fraction of sp³-hybridized carbons (Fsp3) is 0.545. The zero-order chi connectivity index (χ0) is 14.4. The molecule has 2 aromatic heterocycles. The molecule has 0 fully saturated rings. The lowest BCUT2D eigenvalue weighted by atomic mass is 10.3. The molecule has 0 radical (unpaired) electrons. The first-order valence-corrected chi connectivity index (χ1v) is 6.46. The third-order valence-corrected chi connectivity index (χ3v) is 2.43. The van der Waals surface area contributed by atoms with Gasteiger partial charge in [-0.15, -0.1) is 0 Å². The van der Waals surface area contributed by atoms with E-state index in [0.29, 0.717) is 37.4 Å². The summed E-state index contributed by atoms with van der Waals surface area (Å²) in [7, 11) is 0. The van der Waals surface area contributed by atoms with Gasteiger partial charge < -0.3 is 15.7 Å². The molecule has 0 saturated carbocycles. The average molecular weight is 278 g/mol. The molecule has 0 aliphatic heterocycles. The standard InChI is InChI=1S/C11H18N8O/c1-3-13-9-16-10(14-5-4-8(2)20)18-11(17-9)19-7-12-6-15-19/h6-8,20H,3-5H2,1-2H3,(H2,13,14,16,17,18). The lowest BCUT2D eigenvalue weighted by molar-refractivity contribution is 0.188. The number of hydrogen-bond donors (Lipinski definition) is 3. The number of nitrogens with zero attached hydrogens (tertiary/aromatic N) is 6. The summed E-state index contributed by atoms with van der Waals surface area (Å²) in [6, 6.07) is 0. The third-order valence-electron chi connectivity index (χ3n) is 2.43. The minimum atomic E-state index is -0.368. The lowest BCUT2D eigenvalue weighted by Gasteiger charge is -2.09. The molecule has 2 rings (SSSR count). The van der Waals surface area contributed by atoms with Gasteiger partial charge in [0.05, 0.1) is 6.10 Å². The van der Waals surface area contributed by atoms with Crippen molar-refractivity contribution in [2.24, 2.45) is 0 Å².